The third kappa shape index (κ3) is 3.78. The van der Waals surface area contributed by atoms with E-state index in [1.54, 1.807) is 0 Å². The van der Waals surface area contributed by atoms with Crippen molar-refractivity contribution in [2.24, 2.45) is 0 Å². The molecule has 0 fully saturated rings. The van der Waals surface area contributed by atoms with E-state index in [0.29, 0.717) is 10.5 Å². The molecule has 2 aliphatic carbocycles. The molecule has 0 saturated heterocycles. The van der Waals surface area contributed by atoms with Crippen molar-refractivity contribution < 1.29 is 0 Å². The Morgan fingerprint density at radius 2 is 1.30 bits per heavy atom. The smallest absolute Gasteiger partial charge is 0.0523 e. The van der Waals surface area contributed by atoms with E-state index in [9.17, 15) is 0 Å². The molecule has 2 heteroatoms. The predicted molar refractivity (Wildman–Crippen MR) is 160 cm³/mol. The summed E-state index contributed by atoms with van der Waals surface area (Å²) in [6.07, 6.45) is 7.25. The molecule has 1 aliphatic heterocycles. The van der Waals surface area contributed by atoms with Gasteiger partial charge in [-0.1, -0.05) is 102 Å². The Hall–Kier alpha value is -3.49. The Morgan fingerprint density at radius 3 is 2.11 bits per heavy atom. The van der Waals surface area contributed by atoms with Crippen LogP contribution in [0.5, 0.6) is 0 Å². The molecule has 2 atom stereocenters. The molecule has 0 aromatic heterocycles. The van der Waals surface area contributed by atoms with Gasteiger partial charge in [0.05, 0.1) is 10.5 Å². The molecule has 1 heterocycles. The summed E-state index contributed by atoms with van der Waals surface area (Å²) < 4.78 is 0. The van der Waals surface area contributed by atoms with Crippen LogP contribution in [-0.4, -0.2) is 6.54 Å². The average molecular weight is 498 g/mol. The van der Waals surface area contributed by atoms with E-state index < -0.39 is 0 Å². The van der Waals surface area contributed by atoms with Crippen LogP contribution in [0.15, 0.2) is 102 Å². The average Bonchev–Trinajstić information content (AvgIpc) is 3.44. The zero-order valence-electron chi connectivity index (χ0n) is 21.4. The number of hydrogen-bond acceptors (Lipinski definition) is 2. The van der Waals surface area contributed by atoms with Crippen molar-refractivity contribution in [1.29, 1.82) is 0 Å². The first kappa shape index (κ1) is 22.7. The Labute approximate surface area is 224 Å². The zero-order chi connectivity index (χ0) is 24.9. The number of nitrogens with zero attached hydrogens (tertiary/aromatic N) is 1. The molecule has 182 valence electrons. The standard InChI is InChI=1S/C35H31NS/c1-23-21-30-27(25-11-4-3-5-12-25)15-8-16-28(30)34(23)37-35-24(2)22-31-29(35)17-9-19-33(31)36-20-10-14-26-13-6-7-18-32(26)36/h3-9,11-13,15-19,21-22,34-35H,10,14,20H2,1-2H3. The Bertz CT molecular complexity index is 1560. The third-order valence-corrected chi connectivity index (χ3v) is 9.95. The maximum absolute atomic E-state index is 2.55. The van der Waals surface area contributed by atoms with Crippen LogP contribution >= 0.6 is 11.8 Å². The second-order valence-corrected chi connectivity index (χ2v) is 11.7. The molecule has 4 aromatic rings. The topological polar surface area (TPSA) is 3.24 Å². The quantitative estimate of drug-likeness (QED) is 0.276. The fraction of sp³-hybridized carbons (Fsp3) is 0.200. The first-order valence-corrected chi connectivity index (χ1v) is 14.3. The van der Waals surface area contributed by atoms with Crippen molar-refractivity contribution in [3.8, 4) is 11.1 Å². The van der Waals surface area contributed by atoms with Gasteiger partial charge in [-0.3, -0.25) is 0 Å². The molecule has 3 aliphatic rings. The van der Waals surface area contributed by atoms with Crippen LogP contribution < -0.4 is 4.90 Å². The summed E-state index contributed by atoms with van der Waals surface area (Å²) in [7, 11) is 0. The fourth-order valence-electron chi connectivity index (χ4n) is 6.41. The maximum atomic E-state index is 2.55. The normalized spacial score (nSPS) is 19.7. The van der Waals surface area contributed by atoms with E-state index in [1.165, 1.54) is 74.3 Å². The number of hydrogen-bond donors (Lipinski definition) is 0. The summed E-state index contributed by atoms with van der Waals surface area (Å²) in [5.74, 6) is 0. The highest BCUT2D eigenvalue weighted by molar-refractivity contribution is 8.00. The van der Waals surface area contributed by atoms with Crippen molar-refractivity contribution in [2.75, 3.05) is 11.4 Å². The molecular formula is C35H31NS. The molecule has 0 radical (unpaired) electrons. The van der Waals surface area contributed by atoms with Gasteiger partial charge >= 0.3 is 0 Å². The predicted octanol–water partition coefficient (Wildman–Crippen LogP) is 9.79. The lowest BCUT2D eigenvalue weighted by molar-refractivity contribution is 0.766. The van der Waals surface area contributed by atoms with Crippen molar-refractivity contribution in [3.05, 3.63) is 130 Å². The number of anilines is 2. The number of benzene rings is 4. The highest BCUT2D eigenvalue weighted by atomic mass is 32.2. The van der Waals surface area contributed by atoms with E-state index >= 15 is 0 Å². The minimum Gasteiger partial charge on any atom is -0.341 e. The van der Waals surface area contributed by atoms with Gasteiger partial charge in [-0.15, -0.1) is 11.8 Å². The molecule has 0 bridgehead atoms. The molecule has 0 amide bonds. The lowest BCUT2D eigenvalue weighted by atomic mass is 9.97. The highest BCUT2D eigenvalue weighted by Gasteiger charge is 2.33. The van der Waals surface area contributed by atoms with Crippen LogP contribution in [0.4, 0.5) is 11.4 Å². The largest absolute Gasteiger partial charge is 0.341 e. The first-order valence-electron chi connectivity index (χ1n) is 13.4. The molecule has 0 saturated carbocycles. The minimum atomic E-state index is 0.370. The number of fused-ring (bicyclic) bond motifs is 3. The Kier molecular flexibility index (Phi) is 5.59. The minimum absolute atomic E-state index is 0.370. The van der Waals surface area contributed by atoms with Crippen molar-refractivity contribution in [1.82, 2.24) is 0 Å². The van der Waals surface area contributed by atoms with Crippen LogP contribution in [0.25, 0.3) is 23.3 Å². The lowest BCUT2D eigenvalue weighted by Gasteiger charge is -2.33. The highest BCUT2D eigenvalue weighted by Crippen LogP contribution is 2.56. The second-order valence-electron chi connectivity index (χ2n) is 10.5. The van der Waals surface area contributed by atoms with Crippen molar-refractivity contribution in [2.45, 2.75) is 37.2 Å². The van der Waals surface area contributed by atoms with E-state index in [0.717, 1.165) is 6.54 Å². The number of thioether (sulfide) groups is 1. The molecule has 7 rings (SSSR count). The number of aryl methyl sites for hydroxylation is 1. The maximum Gasteiger partial charge on any atom is 0.0523 e. The van der Waals surface area contributed by atoms with E-state index in [4.69, 9.17) is 0 Å². The lowest BCUT2D eigenvalue weighted by Crippen LogP contribution is -2.25. The molecule has 0 N–H and O–H groups in total. The SMILES string of the molecule is CC1=Cc2c(-c3ccccc3)cccc2C1SC1C(C)=Cc2c1cccc2N1CCCc2ccccc21. The summed E-state index contributed by atoms with van der Waals surface area (Å²) in [5, 5.41) is 0.743. The molecule has 4 aromatic carbocycles. The summed E-state index contributed by atoms with van der Waals surface area (Å²) in [6, 6.07) is 33.5. The van der Waals surface area contributed by atoms with Crippen LogP contribution in [-0.2, 0) is 6.42 Å². The summed E-state index contributed by atoms with van der Waals surface area (Å²) in [6.45, 7) is 5.71. The van der Waals surface area contributed by atoms with Gasteiger partial charge in [-0.2, -0.15) is 0 Å². The van der Waals surface area contributed by atoms with Gasteiger partial charge in [-0.05, 0) is 72.2 Å². The van der Waals surface area contributed by atoms with Crippen LogP contribution in [0.2, 0.25) is 0 Å². The van der Waals surface area contributed by atoms with Gasteiger partial charge in [0.25, 0.3) is 0 Å². The van der Waals surface area contributed by atoms with Gasteiger partial charge < -0.3 is 4.90 Å². The summed E-state index contributed by atoms with van der Waals surface area (Å²) in [4.78, 5) is 2.55. The van der Waals surface area contributed by atoms with Crippen LogP contribution in [0.3, 0.4) is 0 Å². The number of para-hydroxylation sites is 1. The molecule has 2 unspecified atom stereocenters. The Balaban J connectivity index is 1.24. The van der Waals surface area contributed by atoms with Gasteiger partial charge in [0.1, 0.15) is 0 Å². The van der Waals surface area contributed by atoms with E-state index in [-0.39, 0.29) is 0 Å². The van der Waals surface area contributed by atoms with Crippen molar-refractivity contribution >= 4 is 35.3 Å². The zero-order valence-corrected chi connectivity index (χ0v) is 22.3. The number of rotatable bonds is 4. The first-order chi connectivity index (χ1) is 18.2. The van der Waals surface area contributed by atoms with Gasteiger partial charge in [0, 0.05) is 23.5 Å². The van der Waals surface area contributed by atoms with Crippen LogP contribution in [0.1, 0.15) is 58.6 Å². The molecule has 1 nitrogen and oxygen atoms in total. The van der Waals surface area contributed by atoms with Gasteiger partial charge in [0.15, 0.2) is 0 Å². The van der Waals surface area contributed by atoms with E-state index in [2.05, 4.69) is 134 Å². The molecular weight excluding hydrogens is 466 g/mol. The molecule has 0 spiro atoms. The fourth-order valence-corrected chi connectivity index (χ4v) is 7.95. The van der Waals surface area contributed by atoms with Gasteiger partial charge in [0.2, 0.25) is 0 Å². The second kappa shape index (κ2) is 9.11. The summed E-state index contributed by atoms with van der Waals surface area (Å²) >= 11 is 2.11. The molecule has 37 heavy (non-hydrogen) atoms. The van der Waals surface area contributed by atoms with Crippen molar-refractivity contribution in [3.63, 3.8) is 0 Å². The van der Waals surface area contributed by atoms with E-state index in [1.807, 2.05) is 0 Å². The van der Waals surface area contributed by atoms with Crippen LogP contribution in [0, 0.1) is 0 Å². The third-order valence-electron chi connectivity index (χ3n) is 8.15. The summed E-state index contributed by atoms with van der Waals surface area (Å²) in [5.41, 5.74) is 15.5. The van der Waals surface area contributed by atoms with Gasteiger partial charge in [-0.25, -0.2) is 0 Å². The monoisotopic (exact) mass is 497 g/mol. The Morgan fingerprint density at radius 1 is 0.649 bits per heavy atom.